The van der Waals surface area contributed by atoms with Crippen molar-refractivity contribution in [3.8, 4) is 0 Å². The number of morpholine rings is 1. The van der Waals surface area contributed by atoms with Crippen LogP contribution in [0, 0.1) is 0 Å². The minimum absolute atomic E-state index is 0.0361. The Kier molecular flexibility index (Phi) is 2.67. The summed E-state index contributed by atoms with van der Waals surface area (Å²) in [5, 5.41) is 6.47. The fourth-order valence-electron chi connectivity index (χ4n) is 1.77. The number of aryl methyl sites for hydroxylation is 1. The largest absolute Gasteiger partial charge is 0.423 e. The highest BCUT2D eigenvalue weighted by atomic mass is 19.4. The molecule has 0 amide bonds. The fraction of sp³-hybridized carbons (Fsp3) is 0.667. The molecule has 1 N–H and O–H groups in total. The first kappa shape index (κ1) is 11.4. The van der Waals surface area contributed by atoms with Crippen molar-refractivity contribution < 1.29 is 17.9 Å². The van der Waals surface area contributed by atoms with Crippen LogP contribution in [0.5, 0.6) is 0 Å². The van der Waals surface area contributed by atoms with E-state index in [0.717, 1.165) is 0 Å². The smallest absolute Gasteiger partial charge is 0.358 e. The summed E-state index contributed by atoms with van der Waals surface area (Å²) in [6, 6.07) is 0. The molecule has 0 aliphatic carbocycles. The second-order valence-corrected chi connectivity index (χ2v) is 3.75. The summed E-state index contributed by atoms with van der Waals surface area (Å²) in [7, 11) is 1.57. The lowest BCUT2D eigenvalue weighted by atomic mass is 9.94. The number of alkyl halides is 3. The van der Waals surface area contributed by atoms with Crippen molar-refractivity contribution in [1.29, 1.82) is 0 Å². The second kappa shape index (κ2) is 3.74. The third kappa shape index (κ3) is 1.69. The molecule has 1 fully saturated rings. The van der Waals surface area contributed by atoms with E-state index in [4.69, 9.17) is 4.74 Å². The molecule has 0 bridgehead atoms. The number of aromatic nitrogens is 2. The van der Waals surface area contributed by atoms with Crippen molar-refractivity contribution in [2.45, 2.75) is 11.8 Å². The lowest BCUT2D eigenvalue weighted by Gasteiger charge is -2.38. The quantitative estimate of drug-likeness (QED) is 0.782. The van der Waals surface area contributed by atoms with Gasteiger partial charge in [0.2, 0.25) is 5.60 Å². The summed E-state index contributed by atoms with van der Waals surface area (Å²) in [6.07, 6.45) is -1.93. The summed E-state index contributed by atoms with van der Waals surface area (Å²) in [5.74, 6) is 0. The number of rotatable bonds is 1. The Morgan fingerprint density at radius 1 is 1.56 bits per heavy atom. The van der Waals surface area contributed by atoms with Crippen LogP contribution in [0.4, 0.5) is 13.2 Å². The number of nitrogens with zero attached hydrogens (tertiary/aromatic N) is 2. The molecule has 7 heteroatoms. The van der Waals surface area contributed by atoms with Crippen molar-refractivity contribution >= 4 is 0 Å². The first-order valence-electron chi connectivity index (χ1n) is 4.86. The van der Waals surface area contributed by atoms with Crippen LogP contribution in [0.2, 0.25) is 0 Å². The predicted octanol–water partition coefficient (Wildman–Crippen LogP) is 0.797. The first-order valence-corrected chi connectivity index (χ1v) is 4.86. The summed E-state index contributed by atoms with van der Waals surface area (Å²) in [6.45, 7) is 0.189. The molecule has 2 rings (SSSR count). The van der Waals surface area contributed by atoms with E-state index in [1.807, 2.05) is 0 Å². The lowest BCUT2D eigenvalue weighted by molar-refractivity contribution is -0.290. The van der Waals surface area contributed by atoms with Crippen LogP contribution in [-0.4, -0.2) is 35.7 Å². The molecule has 0 radical (unpaired) electrons. The normalized spacial score (nSPS) is 27.0. The van der Waals surface area contributed by atoms with Crippen molar-refractivity contribution in [3.63, 3.8) is 0 Å². The minimum atomic E-state index is -4.45. The van der Waals surface area contributed by atoms with Gasteiger partial charge in [-0.15, -0.1) is 0 Å². The van der Waals surface area contributed by atoms with E-state index >= 15 is 0 Å². The van der Waals surface area contributed by atoms with Gasteiger partial charge in [0.05, 0.1) is 12.8 Å². The van der Waals surface area contributed by atoms with Gasteiger partial charge in [0.1, 0.15) is 0 Å². The molecular formula is C9H12F3N3O. The molecule has 0 saturated carbocycles. The maximum atomic E-state index is 13.1. The molecule has 1 aliphatic rings. The van der Waals surface area contributed by atoms with Gasteiger partial charge in [0, 0.05) is 31.9 Å². The molecule has 16 heavy (non-hydrogen) atoms. The Morgan fingerprint density at radius 3 is 2.75 bits per heavy atom. The van der Waals surface area contributed by atoms with E-state index in [9.17, 15) is 13.2 Å². The molecule has 0 aromatic carbocycles. The van der Waals surface area contributed by atoms with Crippen LogP contribution in [0.25, 0.3) is 0 Å². The van der Waals surface area contributed by atoms with Crippen LogP contribution in [-0.2, 0) is 17.4 Å². The molecule has 1 aromatic heterocycles. The van der Waals surface area contributed by atoms with Crippen LogP contribution in [0.1, 0.15) is 5.56 Å². The number of ether oxygens (including phenoxy) is 1. The third-order valence-corrected chi connectivity index (χ3v) is 2.63. The Balaban J connectivity index is 2.41. The number of halogens is 3. The average molecular weight is 235 g/mol. The van der Waals surface area contributed by atoms with Crippen molar-refractivity contribution in [2.75, 3.05) is 19.7 Å². The van der Waals surface area contributed by atoms with Crippen LogP contribution >= 0.6 is 0 Å². The Hall–Kier alpha value is -1.08. The van der Waals surface area contributed by atoms with E-state index in [-0.39, 0.29) is 18.7 Å². The van der Waals surface area contributed by atoms with Gasteiger partial charge in [0.25, 0.3) is 0 Å². The summed E-state index contributed by atoms with van der Waals surface area (Å²) >= 11 is 0. The fourth-order valence-corrected chi connectivity index (χ4v) is 1.77. The Morgan fingerprint density at radius 2 is 2.31 bits per heavy atom. The average Bonchev–Trinajstić information content (AvgIpc) is 2.65. The topological polar surface area (TPSA) is 39.1 Å². The highest BCUT2D eigenvalue weighted by molar-refractivity contribution is 5.20. The van der Waals surface area contributed by atoms with Crippen LogP contribution in [0.3, 0.4) is 0 Å². The molecule has 0 spiro atoms. The van der Waals surface area contributed by atoms with Crippen molar-refractivity contribution in [3.05, 3.63) is 18.0 Å². The minimum Gasteiger partial charge on any atom is -0.358 e. The van der Waals surface area contributed by atoms with E-state index < -0.39 is 11.8 Å². The standard InChI is InChI=1S/C9H12F3N3O/c1-15-5-7(4-14-15)8(9(10,11)12)6-13-2-3-16-8/h4-5,13H,2-3,6H2,1H3. The highest BCUT2D eigenvalue weighted by Gasteiger charge is 2.58. The maximum Gasteiger partial charge on any atom is 0.423 e. The molecule has 1 aromatic rings. The van der Waals surface area contributed by atoms with Crippen LogP contribution in [0.15, 0.2) is 12.4 Å². The van der Waals surface area contributed by atoms with Gasteiger partial charge in [-0.2, -0.15) is 18.3 Å². The van der Waals surface area contributed by atoms with E-state index in [1.54, 1.807) is 7.05 Å². The molecule has 1 unspecified atom stereocenters. The maximum absolute atomic E-state index is 13.1. The Bertz CT molecular complexity index is 368. The summed E-state index contributed by atoms with van der Waals surface area (Å²) < 4.78 is 45.6. The van der Waals surface area contributed by atoms with E-state index in [0.29, 0.717) is 6.54 Å². The number of nitrogens with one attached hydrogen (secondary N) is 1. The van der Waals surface area contributed by atoms with Crippen molar-refractivity contribution in [1.82, 2.24) is 15.1 Å². The zero-order valence-corrected chi connectivity index (χ0v) is 8.71. The SMILES string of the molecule is Cn1cc(C2(C(F)(F)F)CNCCO2)cn1. The highest BCUT2D eigenvalue weighted by Crippen LogP contribution is 2.42. The third-order valence-electron chi connectivity index (χ3n) is 2.63. The Labute approximate surface area is 90.4 Å². The summed E-state index contributed by atoms with van der Waals surface area (Å²) in [5.41, 5.74) is -2.23. The van der Waals surface area contributed by atoms with Gasteiger partial charge in [-0.05, 0) is 0 Å². The molecule has 1 aliphatic heterocycles. The molecule has 4 nitrogen and oxygen atoms in total. The van der Waals surface area contributed by atoms with Gasteiger partial charge in [-0.3, -0.25) is 4.68 Å². The monoisotopic (exact) mass is 235 g/mol. The molecule has 90 valence electrons. The predicted molar refractivity (Wildman–Crippen MR) is 49.8 cm³/mol. The van der Waals surface area contributed by atoms with Gasteiger partial charge >= 0.3 is 6.18 Å². The van der Waals surface area contributed by atoms with E-state index in [2.05, 4.69) is 10.4 Å². The zero-order valence-electron chi connectivity index (χ0n) is 8.71. The molecule has 1 saturated heterocycles. The second-order valence-electron chi connectivity index (χ2n) is 3.75. The number of hydrogen-bond donors (Lipinski definition) is 1. The number of hydrogen-bond acceptors (Lipinski definition) is 3. The van der Waals surface area contributed by atoms with Crippen LogP contribution < -0.4 is 5.32 Å². The van der Waals surface area contributed by atoms with Gasteiger partial charge in [0.15, 0.2) is 0 Å². The zero-order chi connectivity index (χ0) is 11.8. The molecule has 1 atom stereocenters. The lowest BCUT2D eigenvalue weighted by Crippen LogP contribution is -2.56. The van der Waals surface area contributed by atoms with E-state index in [1.165, 1.54) is 17.1 Å². The van der Waals surface area contributed by atoms with Gasteiger partial charge in [-0.1, -0.05) is 0 Å². The van der Waals surface area contributed by atoms with Crippen molar-refractivity contribution in [2.24, 2.45) is 7.05 Å². The molecule has 2 heterocycles. The first-order chi connectivity index (χ1) is 7.46. The van der Waals surface area contributed by atoms with Gasteiger partial charge < -0.3 is 10.1 Å². The molecular weight excluding hydrogens is 223 g/mol. The summed E-state index contributed by atoms with van der Waals surface area (Å²) in [4.78, 5) is 0. The van der Waals surface area contributed by atoms with Gasteiger partial charge in [-0.25, -0.2) is 0 Å².